The Morgan fingerprint density at radius 3 is 2.36 bits per heavy atom. The number of nitrogens with two attached hydrogens (primary N) is 1. The van der Waals surface area contributed by atoms with E-state index in [4.69, 9.17) is 15.2 Å². The number of hydrogen-bond donors (Lipinski definition) is 2. The highest BCUT2D eigenvalue weighted by Crippen LogP contribution is 2.48. The molecule has 0 spiro atoms. The molecule has 0 unspecified atom stereocenters. The average Bonchev–Trinajstić information content (AvgIpc) is 3.42. The molecule has 3 N–H and O–H groups in total. The highest BCUT2D eigenvalue weighted by Gasteiger charge is 2.43. The van der Waals surface area contributed by atoms with Gasteiger partial charge >= 0.3 is 0 Å². The number of nitrogens with zero attached hydrogens (tertiary/aromatic N) is 1. The number of nitrogens with one attached hydrogen (secondary N) is 1. The molecule has 1 aliphatic carbocycles. The molecule has 0 aromatic heterocycles. The second-order valence-electron chi connectivity index (χ2n) is 6.04. The first-order valence-corrected chi connectivity index (χ1v) is 8.01. The van der Waals surface area contributed by atoms with E-state index in [1.807, 2.05) is 24.3 Å². The van der Waals surface area contributed by atoms with Gasteiger partial charge in [0.05, 0.1) is 20.8 Å². The van der Waals surface area contributed by atoms with Gasteiger partial charge in [-0.1, -0.05) is 30.3 Å². The number of methoxy groups -OCH3 is 2. The van der Waals surface area contributed by atoms with Crippen LogP contribution in [0.5, 0.6) is 11.5 Å². The second-order valence-corrected chi connectivity index (χ2v) is 6.04. The van der Waals surface area contributed by atoms with Gasteiger partial charge in [0.1, 0.15) is 0 Å². The topological polar surface area (TPSA) is 68.9 Å². The molecule has 0 heterocycles. The number of hydrogen-bond acceptors (Lipinski definition) is 3. The lowest BCUT2D eigenvalue weighted by molar-refractivity contribution is 0.355. The van der Waals surface area contributed by atoms with E-state index in [9.17, 15) is 0 Å². The molecule has 2 aromatic rings. The van der Waals surface area contributed by atoms with Crippen LogP contribution in [0.4, 0.5) is 5.69 Å². The zero-order valence-corrected chi connectivity index (χ0v) is 16.8. The van der Waals surface area contributed by atoms with Crippen molar-refractivity contribution in [3.8, 4) is 11.5 Å². The third-order valence-electron chi connectivity index (χ3n) is 4.45. The third-order valence-corrected chi connectivity index (χ3v) is 4.45. The monoisotopic (exact) mass is 453 g/mol. The van der Waals surface area contributed by atoms with Crippen molar-refractivity contribution in [2.45, 2.75) is 18.3 Å². The Balaban J connectivity index is 0.00000225. The Morgan fingerprint density at radius 2 is 1.76 bits per heavy atom. The quantitative estimate of drug-likeness (QED) is 0.397. The maximum Gasteiger partial charge on any atom is 0.193 e. The van der Waals surface area contributed by atoms with Gasteiger partial charge in [-0.25, -0.2) is 0 Å². The van der Waals surface area contributed by atoms with Crippen molar-refractivity contribution in [1.82, 2.24) is 0 Å². The molecule has 2 aromatic carbocycles. The number of anilines is 1. The molecular formula is C19H24IN3O2. The highest BCUT2D eigenvalue weighted by atomic mass is 127. The van der Waals surface area contributed by atoms with Crippen LogP contribution in [0.2, 0.25) is 0 Å². The van der Waals surface area contributed by atoms with Crippen LogP contribution in [0.3, 0.4) is 0 Å². The van der Waals surface area contributed by atoms with Gasteiger partial charge < -0.3 is 20.5 Å². The SMILES string of the molecule is COc1ccc(NC(N)=NCC2(c3ccccc3)CC2)cc1OC.I. The van der Waals surface area contributed by atoms with E-state index in [2.05, 4.69) is 34.6 Å². The van der Waals surface area contributed by atoms with Crippen LogP contribution in [0.1, 0.15) is 18.4 Å². The van der Waals surface area contributed by atoms with Crippen molar-refractivity contribution in [2.24, 2.45) is 10.7 Å². The van der Waals surface area contributed by atoms with Gasteiger partial charge in [-0.2, -0.15) is 0 Å². The summed E-state index contributed by atoms with van der Waals surface area (Å²) in [5.74, 6) is 1.74. The normalized spacial score (nSPS) is 15.0. The van der Waals surface area contributed by atoms with Crippen LogP contribution in [0.15, 0.2) is 53.5 Å². The summed E-state index contributed by atoms with van der Waals surface area (Å²) in [6, 6.07) is 16.1. The van der Waals surface area contributed by atoms with Gasteiger partial charge in [0, 0.05) is 17.2 Å². The lowest BCUT2D eigenvalue weighted by Gasteiger charge is -2.14. The molecule has 25 heavy (non-hydrogen) atoms. The Bertz CT molecular complexity index is 731. The first kappa shape index (κ1) is 19.4. The molecule has 0 amide bonds. The first-order valence-electron chi connectivity index (χ1n) is 8.01. The van der Waals surface area contributed by atoms with Crippen molar-refractivity contribution >= 4 is 35.6 Å². The van der Waals surface area contributed by atoms with Crippen LogP contribution in [0.25, 0.3) is 0 Å². The third kappa shape index (κ3) is 4.56. The van der Waals surface area contributed by atoms with E-state index in [1.165, 1.54) is 5.56 Å². The number of aliphatic imine (C=N–C) groups is 1. The molecule has 0 aliphatic heterocycles. The van der Waals surface area contributed by atoms with Crippen molar-refractivity contribution in [3.63, 3.8) is 0 Å². The van der Waals surface area contributed by atoms with Gasteiger partial charge in [0.15, 0.2) is 17.5 Å². The van der Waals surface area contributed by atoms with E-state index in [0.717, 1.165) is 18.5 Å². The molecule has 134 valence electrons. The summed E-state index contributed by atoms with van der Waals surface area (Å²) >= 11 is 0. The zero-order chi connectivity index (χ0) is 17.0. The Kier molecular flexibility index (Phi) is 6.52. The summed E-state index contributed by atoms with van der Waals surface area (Å²) in [6.45, 7) is 0.698. The number of benzene rings is 2. The number of ether oxygens (including phenoxy) is 2. The minimum absolute atomic E-state index is 0. The van der Waals surface area contributed by atoms with Gasteiger partial charge in [0.2, 0.25) is 0 Å². The van der Waals surface area contributed by atoms with E-state index in [0.29, 0.717) is 24.0 Å². The fourth-order valence-corrected chi connectivity index (χ4v) is 2.82. The number of halogens is 1. The van der Waals surface area contributed by atoms with Crippen molar-refractivity contribution in [1.29, 1.82) is 0 Å². The fraction of sp³-hybridized carbons (Fsp3) is 0.316. The first-order chi connectivity index (χ1) is 11.7. The van der Waals surface area contributed by atoms with Crippen LogP contribution in [0, 0.1) is 0 Å². The van der Waals surface area contributed by atoms with Crippen LogP contribution < -0.4 is 20.5 Å². The van der Waals surface area contributed by atoms with E-state index in [1.54, 1.807) is 14.2 Å². The van der Waals surface area contributed by atoms with E-state index < -0.39 is 0 Å². The second kappa shape index (κ2) is 8.42. The summed E-state index contributed by atoms with van der Waals surface area (Å²) in [6.07, 6.45) is 2.31. The predicted octanol–water partition coefficient (Wildman–Crippen LogP) is 3.78. The standard InChI is InChI=1S/C19H23N3O2.HI/c1-23-16-9-8-15(12-17(16)24-2)22-18(20)21-13-19(10-11-19)14-6-4-3-5-7-14;/h3-9,12H,10-11,13H2,1-2H3,(H3,20,21,22);1H. The molecule has 0 atom stereocenters. The van der Waals surface area contributed by atoms with Gasteiger partial charge in [-0.05, 0) is 30.5 Å². The molecule has 1 fully saturated rings. The Morgan fingerprint density at radius 1 is 1.08 bits per heavy atom. The van der Waals surface area contributed by atoms with E-state index in [-0.39, 0.29) is 29.4 Å². The van der Waals surface area contributed by atoms with Crippen LogP contribution in [-0.4, -0.2) is 26.7 Å². The molecule has 1 saturated carbocycles. The Labute approximate surface area is 165 Å². The summed E-state index contributed by atoms with van der Waals surface area (Å²) in [5.41, 5.74) is 8.36. The van der Waals surface area contributed by atoms with Gasteiger partial charge in [-0.3, -0.25) is 4.99 Å². The van der Waals surface area contributed by atoms with Crippen molar-refractivity contribution in [2.75, 3.05) is 26.1 Å². The largest absolute Gasteiger partial charge is 0.493 e. The number of rotatable bonds is 6. The summed E-state index contributed by atoms with van der Waals surface area (Å²) in [7, 11) is 3.22. The molecule has 0 bridgehead atoms. The fourth-order valence-electron chi connectivity index (χ4n) is 2.82. The highest BCUT2D eigenvalue weighted by molar-refractivity contribution is 14.0. The minimum Gasteiger partial charge on any atom is -0.493 e. The minimum atomic E-state index is 0. The summed E-state index contributed by atoms with van der Waals surface area (Å²) in [4.78, 5) is 4.54. The van der Waals surface area contributed by atoms with Crippen LogP contribution in [-0.2, 0) is 5.41 Å². The van der Waals surface area contributed by atoms with Gasteiger partial charge in [0.25, 0.3) is 0 Å². The lowest BCUT2D eigenvalue weighted by Crippen LogP contribution is -2.25. The molecule has 1 aliphatic rings. The molecule has 3 rings (SSSR count). The van der Waals surface area contributed by atoms with Crippen molar-refractivity contribution in [3.05, 3.63) is 54.1 Å². The Hall–Kier alpha value is -1.96. The van der Waals surface area contributed by atoms with Crippen molar-refractivity contribution < 1.29 is 9.47 Å². The predicted molar refractivity (Wildman–Crippen MR) is 112 cm³/mol. The molecule has 5 nitrogen and oxygen atoms in total. The molecular weight excluding hydrogens is 429 g/mol. The molecule has 6 heteroatoms. The van der Waals surface area contributed by atoms with E-state index >= 15 is 0 Å². The molecule has 0 radical (unpaired) electrons. The van der Waals surface area contributed by atoms with Gasteiger partial charge in [-0.15, -0.1) is 24.0 Å². The number of guanidine groups is 1. The summed E-state index contributed by atoms with van der Waals surface area (Å²) < 4.78 is 10.5. The van der Waals surface area contributed by atoms with Crippen LogP contribution >= 0.6 is 24.0 Å². The maximum atomic E-state index is 6.05. The smallest absolute Gasteiger partial charge is 0.193 e. The maximum absolute atomic E-state index is 6.05. The average molecular weight is 453 g/mol. The summed E-state index contributed by atoms with van der Waals surface area (Å²) in [5, 5.41) is 3.11. The lowest BCUT2D eigenvalue weighted by atomic mass is 9.96. The zero-order valence-electron chi connectivity index (χ0n) is 14.5. The molecule has 0 saturated heterocycles.